The second-order valence-electron chi connectivity index (χ2n) is 3.71. The van der Waals surface area contributed by atoms with Crippen molar-refractivity contribution in [3.05, 3.63) is 42.0 Å². The lowest BCUT2D eigenvalue weighted by Gasteiger charge is -2.11. The fraction of sp³-hybridized carbons (Fsp3) is 0.273. The van der Waals surface area contributed by atoms with Gasteiger partial charge in [0, 0.05) is 16.7 Å². The number of H-pyrrole nitrogens is 1. The van der Waals surface area contributed by atoms with Gasteiger partial charge in [-0.3, -0.25) is 5.10 Å². The number of aromatic amines is 1. The van der Waals surface area contributed by atoms with Gasteiger partial charge in [0.2, 0.25) is 0 Å². The number of thioether (sulfide) groups is 1. The van der Waals surface area contributed by atoms with E-state index in [0.29, 0.717) is 6.04 Å². The van der Waals surface area contributed by atoms with Crippen molar-refractivity contribution in [2.75, 3.05) is 5.75 Å². The summed E-state index contributed by atoms with van der Waals surface area (Å²) in [7, 11) is 0. The molecule has 1 aliphatic heterocycles. The van der Waals surface area contributed by atoms with Crippen LogP contribution in [0.1, 0.15) is 17.4 Å². The maximum atomic E-state index is 4.10. The summed E-state index contributed by atoms with van der Waals surface area (Å²) in [5, 5.41) is 10.2. The molecule has 3 rings (SSSR count). The Hall–Kier alpha value is -1.33. The van der Waals surface area contributed by atoms with Crippen molar-refractivity contribution in [3.63, 3.8) is 0 Å². The molecule has 0 radical (unpaired) electrons. The zero-order valence-corrected chi connectivity index (χ0v) is 9.50. The zero-order chi connectivity index (χ0) is 10.8. The van der Waals surface area contributed by atoms with Crippen molar-refractivity contribution in [1.29, 1.82) is 0 Å². The van der Waals surface area contributed by atoms with Crippen LogP contribution >= 0.6 is 11.8 Å². The van der Waals surface area contributed by atoms with Crippen molar-refractivity contribution in [2.45, 2.75) is 17.5 Å². The van der Waals surface area contributed by atoms with Crippen molar-refractivity contribution in [1.82, 2.24) is 20.5 Å². The summed E-state index contributed by atoms with van der Waals surface area (Å²) in [5.41, 5.74) is 1.40. The molecule has 4 nitrogen and oxygen atoms in total. The van der Waals surface area contributed by atoms with E-state index in [0.717, 1.165) is 18.1 Å². The average Bonchev–Trinajstić information content (AvgIpc) is 2.96. The van der Waals surface area contributed by atoms with Gasteiger partial charge < -0.3 is 5.32 Å². The summed E-state index contributed by atoms with van der Waals surface area (Å²) in [6.45, 7) is 0.736. The Morgan fingerprint density at radius 1 is 1.44 bits per heavy atom. The second-order valence-corrected chi connectivity index (χ2v) is 4.78. The topological polar surface area (TPSA) is 53.6 Å². The van der Waals surface area contributed by atoms with Crippen LogP contribution in [0, 0.1) is 0 Å². The van der Waals surface area contributed by atoms with Crippen LogP contribution in [0.2, 0.25) is 0 Å². The molecule has 1 unspecified atom stereocenters. The molecule has 0 saturated heterocycles. The Kier molecular flexibility index (Phi) is 2.63. The Bertz CT molecular complexity index is 469. The largest absolute Gasteiger partial charge is 0.302 e. The highest BCUT2D eigenvalue weighted by Crippen LogP contribution is 2.37. The van der Waals surface area contributed by atoms with E-state index in [-0.39, 0.29) is 0 Å². The summed E-state index contributed by atoms with van der Waals surface area (Å²) in [6, 6.07) is 8.97. The highest BCUT2D eigenvalue weighted by atomic mass is 32.2. The predicted octanol–water partition coefficient (Wildman–Crippen LogP) is 1.74. The fourth-order valence-corrected chi connectivity index (χ4v) is 3.06. The van der Waals surface area contributed by atoms with Gasteiger partial charge >= 0.3 is 0 Å². The first-order valence-electron chi connectivity index (χ1n) is 5.23. The predicted molar refractivity (Wildman–Crippen MR) is 63.1 cm³/mol. The van der Waals surface area contributed by atoms with Gasteiger partial charge in [0.1, 0.15) is 12.2 Å². The SMILES string of the molecule is c1ccc2c(c1)SCC2NCc1ncn[nH]1. The lowest BCUT2D eigenvalue weighted by Crippen LogP contribution is -2.21. The normalized spacial score (nSPS) is 18.6. The number of fused-ring (bicyclic) bond motifs is 1. The third-order valence-corrected chi connectivity index (χ3v) is 3.86. The van der Waals surface area contributed by atoms with E-state index < -0.39 is 0 Å². The van der Waals surface area contributed by atoms with E-state index >= 15 is 0 Å². The van der Waals surface area contributed by atoms with E-state index in [1.54, 1.807) is 0 Å². The number of nitrogens with zero attached hydrogens (tertiary/aromatic N) is 2. The van der Waals surface area contributed by atoms with Gasteiger partial charge in [0.25, 0.3) is 0 Å². The third-order valence-electron chi connectivity index (χ3n) is 2.68. The van der Waals surface area contributed by atoms with Gasteiger partial charge in [-0.1, -0.05) is 18.2 Å². The van der Waals surface area contributed by atoms with Gasteiger partial charge in [-0.25, -0.2) is 4.98 Å². The lowest BCUT2D eigenvalue weighted by molar-refractivity contribution is 0.568. The van der Waals surface area contributed by atoms with E-state index in [2.05, 4.69) is 44.8 Å². The molecule has 2 N–H and O–H groups in total. The summed E-state index contributed by atoms with van der Waals surface area (Å²) < 4.78 is 0. The summed E-state index contributed by atoms with van der Waals surface area (Å²) in [4.78, 5) is 5.48. The molecule has 1 atom stereocenters. The highest BCUT2D eigenvalue weighted by Gasteiger charge is 2.21. The molecule has 0 amide bonds. The van der Waals surface area contributed by atoms with Crippen LogP contribution in [-0.2, 0) is 6.54 Å². The molecule has 82 valence electrons. The molecule has 0 fully saturated rings. The molecule has 2 heterocycles. The maximum Gasteiger partial charge on any atom is 0.138 e. The second kappa shape index (κ2) is 4.27. The molecular formula is C11H12N4S. The van der Waals surface area contributed by atoms with E-state index in [1.165, 1.54) is 16.8 Å². The van der Waals surface area contributed by atoms with E-state index in [4.69, 9.17) is 0 Å². The van der Waals surface area contributed by atoms with Crippen LogP contribution in [0.15, 0.2) is 35.5 Å². The molecule has 1 aliphatic rings. The standard InChI is InChI=1S/C11H12N4S/c1-2-4-10-8(3-1)9(6-16-10)12-5-11-13-7-14-15-11/h1-4,7,9,12H,5-6H2,(H,13,14,15). The number of benzene rings is 1. The Labute approximate surface area is 97.9 Å². The number of rotatable bonds is 3. The fourth-order valence-electron chi connectivity index (χ4n) is 1.87. The number of hydrogen-bond acceptors (Lipinski definition) is 4. The molecule has 0 aliphatic carbocycles. The number of aromatic nitrogens is 3. The van der Waals surface area contributed by atoms with Crippen molar-refractivity contribution >= 4 is 11.8 Å². The van der Waals surface area contributed by atoms with Crippen molar-refractivity contribution < 1.29 is 0 Å². The smallest absolute Gasteiger partial charge is 0.138 e. The molecule has 5 heteroatoms. The molecule has 0 bridgehead atoms. The Morgan fingerprint density at radius 3 is 3.25 bits per heavy atom. The summed E-state index contributed by atoms with van der Waals surface area (Å²) in [5.74, 6) is 1.97. The van der Waals surface area contributed by atoms with Crippen molar-refractivity contribution in [3.8, 4) is 0 Å². The van der Waals surface area contributed by atoms with Crippen LogP contribution < -0.4 is 5.32 Å². The summed E-state index contributed by atoms with van der Waals surface area (Å²) >= 11 is 1.90. The Morgan fingerprint density at radius 2 is 2.38 bits per heavy atom. The quantitative estimate of drug-likeness (QED) is 0.846. The molecule has 1 aromatic heterocycles. The molecular weight excluding hydrogens is 220 g/mol. The highest BCUT2D eigenvalue weighted by molar-refractivity contribution is 7.99. The third kappa shape index (κ3) is 1.83. The maximum absolute atomic E-state index is 4.10. The first-order valence-corrected chi connectivity index (χ1v) is 6.21. The molecule has 16 heavy (non-hydrogen) atoms. The van der Waals surface area contributed by atoms with E-state index in [9.17, 15) is 0 Å². The monoisotopic (exact) mass is 232 g/mol. The van der Waals surface area contributed by atoms with Crippen molar-refractivity contribution in [2.24, 2.45) is 0 Å². The minimum absolute atomic E-state index is 0.422. The summed E-state index contributed by atoms with van der Waals surface area (Å²) in [6.07, 6.45) is 1.54. The molecule has 1 aromatic carbocycles. The molecule has 0 spiro atoms. The van der Waals surface area contributed by atoms with E-state index in [1.807, 2.05) is 11.8 Å². The average molecular weight is 232 g/mol. The van der Waals surface area contributed by atoms with Gasteiger partial charge in [-0.05, 0) is 11.6 Å². The van der Waals surface area contributed by atoms with Crippen LogP contribution in [0.3, 0.4) is 0 Å². The van der Waals surface area contributed by atoms with Crippen LogP contribution in [0.4, 0.5) is 0 Å². The number of hydrogen-bond donors (Lipinski definition) is 2. The minimum atomic E-state index is 0.422. The van der Waals surface area contributed by atoms with Gasteiger partial charge in [-0.2, -0.15) is 5.10 Å². The first-order chi connectivity index (χ1) is 7.93. The van der Waals surface area contributed by atoms with Gasteiger partial charge in [0.05, 0.1) is 6.54 Å². The molecule has 0 saturated carbocycles. The first kappa shape index (κ1) is 9.86. The Balaban J connectivity index is 1.69. The van der Waals surface area contributed by atoms with Crippen LogP contribution in [0.25, 0.3) is 0 Å². The van der Waals surface area contributed by atoms with Crippen LogP contribution in [-0.4, -0.2) is 20.9 Å². The van der Waals surface area contributed by atoms with Gasteiger partial charge in [0.15, 0.2) is 0 Å². The lowest BCUT2D eigenvalue weighted by atomic mass is 10.1. The van der Waals surface area contributed by atoms with Gasteiger partial charge in [-0.15, -0.1) is 11.8 Å². The number of nitrogens with one attached hydrogen (secondary N) is 2. The van der Waals surface area contributed by atoms with Crippen LogP contribution in [0.5, 0.6) is 0 Å². The minimum Gasteiger partial charge on any atom is -0.302 e. The zero-order valence-electron chi connectivity index (χ0n) is 8.68. The molecule has 2 aromatic rings.